The molecule has 0 heterocycles. The number of carbonyl (C=O) groups is 2. The fourth-order valence-electron chi connectivity index (χ4n) is 3.60. The van der Waals surface area contributed by atoms with Gasteiger partial charge in [0.15, 0.2) is 0 Å². The number of halogens is 1. The number of fused-ring (bicyclic) bond motifs is 2. The summed E-state index contributed by atoms with van der Waals surface area (Å²) in [5.74, 6) is -3.00. The van der Waals surface area contributed by atoms with Crippen LogP contribution < -0.4 is 10.4 Å². The van der Waals surface area contributed by atoms with E-state index < -0.39 is 17.8 Å². The van der Waals surface area contributed by atoms with Gasteiger partial charge in [0.05, 0.1) is 5.92 Å². The van der Waals surface area contributed by atoms with Gasteiger partial charge < -0.3 is 15.2 Å². The SMILES string of the molecule is O=C(NCCc1ccc(F)cc1)[C@@H]1[C@@H](C(=O)[O-])[C@H]2C=C[C@@H]1C2. The van der Waals surface area contributed by atoms with Gasteiger partial charge in [0.2, 0.25) is 5.91 Å². The Balaban J connectivity index is 1.56. The fourth-order valence-corrected chi connectivity index (χ4v) is 3.60. The molecule has 1 N–H and O–H groups in total. The minimum absolute atomic E-state index is 0.00118. The first-order valence-electron chi connectivity index (χ1n) is 7.47. The van der Waals surface area contributed by atoms with E-state index in [0.29, 0.717) is 19.4 Å². The lowest BCUT2D eigenvalue weighted by Gasteiger charge is -2.27. The van der Waals surface area contributed by atoms with E-state index in [4.69, 9.17) is 0 Å². The van der Waals surface area contributed by atoms with Gasteiger partial charge in [-0.2, -0.15) is 0 Å². The molecule has 5 heteroatoms. The van der Waals surface area contributed by atoms with Crippen molar-refractivity contribution in [3.8, 4) is 0 Å². The number of carboxylic acids is 1. The van der Waals surface area contributed by atoms with Crippen LogP contribution in [0.2, 0.25) is 0 Å². The van der Waals surface area contributed by atoms with Crippen molar-refractivity contribution in [2.75, 3.05) is 6.54 Å². The molecule has 0 aliphatic heterocycles. The molecule has 0 aromatic heterocycles. The van der Waals surface area contributed by atoms with Gasteiger partial charge in [-0.3, -0.25) is 4.79 Å². The average molecular weight is 302 g/mol. The molecular formula is C17H17FNO3-. The van der Waals surface area contributed by atoms with Crippen molar-refractivity contribution < 1.29 is 19.1 Å². The lowest BCUT2D eigenvalue weighted by molar-refractivity contribution is -0.313. The second-order valence-electron chi connectivity index (χ2n) is 5.99. The molecule has 22 heavy (non-hydrogen) atoms. The predicted molar refractivity (Wildman–Crippen MR) is 75.8 cm³/mol. The standard InChI is InChI=1S/C17H18FNO3/c18-13-5-1-10(2-6-13)7-8-19-16(20)14-11-3-4-12(9-11)15(14)17(21)22/h1-6,11-12,14-15H,7-9H2,(H,19,20)(H,21,22)/p-1/t11-,12+,14+,15+/m1/s1. The molecule has 1 amide bonds. The number of allylic oxidation sites excluding steroid dienone is 2. The van der Waals surface area contributed by atoms with Crippen LogP contribution in [-0.2, 0) is 16.0 Å². The van der Waals surface area contributed by atoms with Crippen LogP contribution in [0.1, 0.15) is 12.0 Å². The minimum atomic E-state index is -1.14. The van der Waals surface area contributed by atoms with Gasteiger partial charge in [-0.15, -0.1) is 0 Å². The zero-order valence-electron chi connectivity index (χ0n) is 12.0. The van der Waals surface area contributed by atoms with E-state index in [-0.39, 0.29) is 23.6 Å². The first kappa shape index (κ1) is 14.8. The largest absolute Gasteiger partial charge is 0.550 e. The average Bonchev–Trinajstić information content (AvgIpc) is 3.09. The van der Waals surface area contributed by atoms with E-state index in [1.54, 1.807) is 12.1 Å². The molecule has 1 aromatic carbocycles. The second-order valence-corrected chi connectivity index (χ2v) is 5.99. The Morgan fingerprint density at radius 3 is 2.41 bits per heavy atom. The highest BCUT2D eigenvalue weighted by molar-refractivity contribution is 5.86. The normalized spacial score (nSPS) is 28.8. The van der Waals surface area contributed by atoms with E-state index in [0.717, 1.165) is 5.56 Å². The van der Waals surface area contributed by atoms with Crippen molar-refractivity contribution in [3.63, 3.8) is 0 Å². The third-order valence-corrected chi connectivity index (χ3v) is 4.66. The molecule has 4 nitrogen and oxygen atoms in total. The molecule has 1 saturated carbocycles. The molecule has 0 unspecified atom stereocenters. The smallest absolute Gasteiger partial charge is 0.224 e. The van der Waals surface area contributed by atoms with Crippen LogP contribution in [0, 0.1) is 29.5 Å². The first-order valence-corrected chi connectivity index (χ1v) is 7.47. The van der Waals surface area contributed by atoms with Crippen LogP contribution in [-0.4, -0.2) is 18.4 Å². The third-order valence-electron chi connectivity index (χ3n) is 4.66. The maximum Gasteiger partial charge on any atom is 0.224 e. The Bertz CT molecular complexity index is 611. The molecule has 1 aromatic rings. The Labute approximate surface area is 128 Å². The highest BCUT2D eigenvalue weighted by Gasteiger charge is 2.48. The van der Waals surface area contributed by atoms with Crippen molar-refractivity contribution in [2.45, 2.75) is 12.8 Å². The predicted octanol–water partition coefficient (Wildman–Crippen LogP) is 0.673. The first-order chi connectivity index (χ1) is 10.6. The second kappa shape index (κ2) is 5.91. The number of amides is 1. The molecule has 116 valence electrons. The third kappa shape index (κ3) is 2.75. The Kier molecular flexibility index (Phi) is 3.96. The number of carbonyl (C=O) groups excluding carboxylic acids is 2. The van der Waals surface area contributed by atoms with E-state index in [2.05, 4.69) is 5.32 Å². The van der Waals surface area contributed by atoms with Crippen LogP contribution >= 0.6 is 0 Å². The quantitative estimate of drug-likeness (QED) is 0.813. The zero-order chi connectivity index (χ0) is 15.7. The summed E-state index contributed by atoms with van der Waals surface area (Å²) in [4.78, 5) is 23.6. The Hall–Kier alpha value is -2.17. The van der Waals surface area contributed by atoms with E-state index in [9.17, 15) is 19.1 Å². The summed E-state index contributed by atoms with van der Waals surface area (Å²) in [6, 6.07) is 6.10. The molecule has 1 fully saturated rings. The molecular weight excluding hydrogens is 285 g/mol. The summed E-state index contributed by atoms with van der Waals surface area (Å²) in [6.45, 7) is 0.405. The monoisotopic (exact) mass is 302 g/mol. The molecule has 2 bridgehead atoms. The lowest BCUT2D eigenvalue weighted by Crippen LogP contribution is -2.45. The summed E-state index contributed by atoms with van der Waals surface area (Å²) >= 11 is 0. The maximum absolute atomic E-state index is 12.8. The summed E-state index contributed by atoms with van der Waals surface area (Å²) in [6.07, 6.45) is 5.12. The van der Waals surface area contributed by atoms with Gasteiger partial charge in [-0.05, 0) is 42.4 Å². The van der Waals surface area contributed by atoms with E-state index in [1.807, 2.05) is 12.2 Å². The van der Waals surface area contributed by atoms with Gasteiger partial charge in [0, 0.05) is 18.4 Å². The Morgan fingerprint density at radius 1 is 1.14 bits per heavy atom. The summed E-state index contributed by atoms with van der Waals surface area (Å²) in [5.41, 5.74) is 0.922. The number of hydrogen-bond acceptors (Lipinski definition) is 3. The molecule has 0 radical (unpaired) electrons. The van der Waals surface area contributed by atoms with E-state index >= 15 is 0 Å². The number of carboxylic acid groups (broad SMARTS) is 1. The van der Waals surface area contributed by atoms with Crippen molar-refractivity contribution in [3.05, 3.63) is 47.8 Å². The van der Waals surface area contributed by atoms with Crippen LogP contribution in [0.25, 0.3) is 0 Å². The van der Waals surface area contributed by atoms with Gasteiger partial charge in [-0.25, -0.2) is 4.39 Å². The van der Waals surface area contributed by atoms with Crippen molar-refractivity contribution in [1.29, 1.82) is 0 Å². The van der Waals surface area contributed by atoms with Crippen molar-refractivity contribution in [2.24, 2.45) is 23.7 Å². The van der Waals surface area contributed by atoms with Crippen LogP contribution in [0.5, 0.6) is 0 Å². The highest BCUT2D eigenvalue weighted by Crippen LogP contribution is 2.47. The highest BCUT2D eigenvalue weighted by atomic mass is 19.1. The van der Waals surface area contributed by atoms with Gasteiger partial charge in [0.1, 0.15) is 5.82 Å². The fraction of sp³-hybridized carbons (Fsp3) is 0.412. The molecule has 4 atom stereocenters. The molecule has 2 aliphatic carbocycles. The number of rotatable bonds is 5. The summed E-state index contributed by atoms with van der Waals surface area (Å²) in [5, 5.41) is 14.1. The van der Waals surface area contributed by atoms with Crippen LogP contribution in [0.4, 0.5) is 4.39 Å². The molecule has 3 rings (SSSR count). The van der Waals surface area contributed by atoms with Gasteiger partial charge in [0.25, 0.3) is 0 Å². The molecule has 0 saturated heterocycles. The van der Waals surface area contributed by atoms with Gasteiger partial charge in [-0.1, -0.05) is 24.3 Å². The topological polar surface area (TPSA) is 69.2 Å². The zero-order valence-corrected chi connectivity index (χ0v) is 12.0. The van der Waals surface area contributed by atoms with Gasteiger partial charge >= 0.3 is 0 Å². The number of nitrogens with one attached hydrogen (secondary N) is 1. The molecule has 2 aliphatic rings. The Morgan fingerprint density at radius 2 is 1.77 bits per heavy atom. The lowest BCUT2D eigenvalue weighted by atomic mass is 9.82. The minimum Gasteiger partial charge on any atom is -0.550 e. The van der Waals surface area contributed by atoms with Crippen molar-refractivity contribution >= 4 is 11.9 Å². The number of hydrogen-bond donors (Lipinski definition) is 1. The maximum atomic E-state index is 12.8. The summed E-state index contributed by atoms with van der Waals surface area (Å²) in [7, 11) is 0. The number of aliphatic carboxylic acids is 1. The molecule has 0 spiro atoms. The summed E-state index contributed by atoms with van der Waals surface area (Å²) < 4.78 is 12.8. The van der Waals surface area contributed by atoms with Crippen LogP contribution in [0.15, 0.2) is 36.4 Å². The van der Waals surface area contributed by atoms with E-state index in [1.165, 1.54) is 12.1 Å². The van der Waals surface area contributed by atoms with Crippen LogP contribution in [0.3, 0.4) is 0 Å². The number of benzene rings is 1. The van der Waals surface area contributed by atoms with Crippen molar-refractivity contribution in [1.82, 2.24) is 5.32 Å².